The van der Waals surface area contributed by atoms with Gasteiger partial charge in [-0.15, -0.1) is 0 Å². The fourth-order valence-corrected chi connectivity index (χ4v) is 5.21. The second-order valence-electron chi connectivity index (χ2n) is 10.5. The molecular weight excluding hydrogens is 603 g/mol. The molecule has 3 aromatic rings. The number of aromatic nitrogens is 4. The minimum absolute atomic E-state index is 0.00226. The summed E-state index contributed by atoms with van der Waals surface area (Å²) in [4.78, 5) is 37.3. The van der Waals surface area contributed by atoms with Gasteiger partial charge in [0.1, 0.15) is 16.9 Å². The van der Waals surface area contributed by atoms with E-state index in [1.807, 2.05) is 6.07 Å². The van der Waals surface area contributed by atoms with Crippen molar-refractivity contribution in [2.75, 3.05) is 30.8 Å². The molecule has 0 aliphatic carbocycles. The van der Waals surface area contributed by atoms with E-state index in [-0.39, 0.29) is 37.3 Å². The molecular formula is C25H25ClF3N7O5S. The maximum atomic E-state index is 13.8. The Hall–Kier alpha value is -3.97. The highest BCUT2D eigenvalue weighted by Gasteiger charge is 2.38. The van der Waals surface area contributed by atoms with E-state index in [9.17, 15) is 36.4 Å². The largest absolute Gasteiger partial charge is 0.444 e. The Balaban J connectivity index is 1.87. The van der Waals surface area contributed by atoms with E-state index in [0.29, 0.717) is 4.68 Å². The first-order valence-corrected chi connectivity index (χ1v) is 14.7. The number of piperazine rings is 1. The third-order valence-electron chi connectivity index (χ3n) is 6.17. The van der Waals surface area contributed by atoms with Crippen LogP contribution in [0.5, 0.6) is 0 Å². The first kappa shape index (κ1) is 31.0. The van der Waals surface area contributed by atoms with Crippen molar-refractivity contribution in [3.8, 4) is 11.8 Å². The van der Waals surface area contributed by atoms with E-state index < -0.39 is 66.3 Å². The number of amides is 1. The average molecular weight is 628 g/mol. The number of benzene rings is 1. The van der Waals surface area contributed by atoms with E-state index in [0.717, 1.165) is 24.6 Å². The lowest BCUT2D eigenvalue weighted by molar-refractivity contribution is -0.137. The number of rotatable bonds is 4. The number of anilines is 1. The molecule has 1 aliphatic rings. The first-order chi connectivity index (χ1) is 19.4. The summed E-state index contributed by atoms with van der Waals surface area (Å²) in [6.45, 7) is 5.23. The Labute approximate surface area is 243 Å². The van der Waals surface area contributed by atoms with Crippen LogP contribution in [0.2, 0.25) is 5.02 Å². The van der Waals surface area contributed by atoms with Crippen molar-refractivity contribution in [1.82, 2.24) is 24.6 Å². The van der Waals surface area contributed by atoms with Crippen molar-refractivity contribution in [1.29, 1.82) is 5.26 Å². The minimum Gasteiger partial charge on any atom is -0.444 e. The molecule has 1 fully saturated rings. The van der Waals surface area contributed by atoms with Crippen molar-refractivity contribution in [3.05, 3.63) is 45.3 Å². The van der Waals surface area contributed by atoms with Crippen molar-refractivity contribution in [3.63, 3.8) is 0 Å². The molecule has 1 aromatic carbocycles. The van der Waals surface area contributed by atoms with Crippen LogP contribution in [0.4, 0.5) is 23.8 Å². The monoisotopic (exact) mass is 627 g/mol. The molecule has 17 heteroatoms. The molecule has 3 heterocycles. The van der Waals surface area contributed by atoms with Crippen LogP contribution < -0.4 is 10.5 Å². The van der Waals surface area contributed by atoms with E-state index >= 15 is 0 Å². The van der Waals surface area contributed by atoms with Crippen molar-refractivity contribution < 1.29 is 31.1 Å². The summed E-state index contributed by atoms with van der Waals surface area (Å²) >= 11 is 5.82. The number of ether oxygens (including phenoxy) is 1. The highest BCUT2D eigenvalue weighted by Crippen LogP contribution is 2.38. The lowest BCUT2D eigenvalue weighted by Gasteiger charge is -2.41. The highest BCUT2D eigenvalue weighted by atomic mass is 35.5. The molecule has 1 saturated heterocycles. The lowest BCUT2D eigenvalue weighted by atomic mass is 10.1. The SMILES string of the molecule is CC(C)(C)OC(=O)N1CCN(c2nc(S(C)(=O)=O)nc3c(=O)n(-c4cccc(Cl)c4C(F)(F)F)ncc23)CC1CC#N. The molecule has 1 aliphatic heterocycles. The highest BCUT2D eigenvalue weighted by molar-refractivity contribution is 7.90. The summed E-state index contributed by atoms with van der Waals surface area (Å²) in [7, 11) is -4.11. The summed E-state index contributed by atoms with van der Waals surface area (Å²) in [5.74, 6) is -0.0499. The van der Waals surface area contributed by atoms with Crippen LogP contribution in [0.15, 0.2) is 34.3 Å². The number of carbonyl (C=O) groups is 1. The van der Waals surface area contributed by atoms with Crippen molar-refractivity contribution >= 4 is 44.3 Å². The Bertz CT molecular complexity index is 1770. The molecule has 4 rings (SSSR count). The molecule has 1 unspecified atom stereocenters. The molecule has 0 radical (unpaired) electrons. The smallest absolute Gasteiger partial charge is 0.419 e. The minimum atomic E-state index is -4.94. The summed E-state index contributed by atoms with van der Waals surface area (Å²) in [5, 5.41) is 11.9. The molecule has 1 amide bonds. The second-order valence-corrected chi connectivity index (χ2v) is 12.8. The van der Waals surface area contributed by atoms with Gasteiger partial charge in [0, 0.05) is 25.9 Å². The number of halogens is 4. The van der Waals surface area contributed by atoms with Crippen LogP contribution in [0, 0.1) is 11.3 Å². The van der Waals surface area contributed by atoms with Crippen LogP contribution >= 0.6 is 11.6 Å². The molecule has 2 aromatic heterocycles. The number of nitrogens with zero attached hydrogens (tertiary/aromatic N) is 7. The summed E-state index contributed by atoms with van der Waals surface area (Å²) in [5.41, 5.74) is -4.43. The number of hydrogen-bond acceptors (Lipinski definition) is 10. The van der Waals surface area contributed by atoms with E-state index in [1.165, 1.54) is 11.0 Å². The summed E-state index contributed by atoms with van der Waals surface area (Å²) < 4.78 is 72.4. The topological polar surface area (TPSA) is 151 Å². The Kier molecular flexibility index (Phi) is 8.13. The standard InChI is InChI=1S/C25H25ClF3N7O5S/c1-24(2,3)41-23(38)35-11-10-34(13-14(35)8-9-30)20-15-12-31-36(17-7-5-6-16(26)18(17)25(27,28)29)21(37)19(15)32-22(33-20)42(4,39)40/h5-7,12,14H,8,10-11,13H2,1-4H3. The molecule has 12 nitrogen and oxygen atoms in total. The van der Waals surface area contributed by atoms with Gasteiger partial charge >= 0.3 is 12.3 Å². The van der Waals surface area contributed by atoms with Gasteiger partial charge in [-0.25, -0.2) is 23.2 Å². The average Bonchev–Trinajstić information content (AvgIpc) is 2.86. The predicted molar refractivity (Wildman–Crippen MR) is 145 cm³/mol. The molecule has 0 saturated carbocycles. The molecule has 224 valence electrons. The lowest BCUT2D eigenvalue weighted by Crippen LogP contribution is -2.56. The third-order valence-corrected chi connectivity index (χ3v) is 7.34. The zero-order valence-corrected chi connectivity index (χ0v) is 24.4. The van der Waals surface area contributed by atoms with Gasteiger partial charge in [0.2, 0.25) is 15.0 Å². The normalized spacial score (nSPS) is 16.4. The van der Waals surface area contributed by atoms with Crippen LogP contribution in [0.1, 0.15) is 32.8 Å². The summed E-state index contributed by atoms with van der Waals surface area (Å²) in [6.07, 6.45) is -3.81. The first-order valence-electron chi connectivity index (χ1n) is 12.4. The van der Waals surface area contributed by atoms with Gasteiger partial charge in [-0.3, -0.25) is 4.79 Å². The van der Waals surface area contributed by atoms with Crippen LogP contribution in [-0.2, 0) is 20.8 Å². The predicted octanol–water partition coefficient (Wildman–Crippen LogP) is 3.59. The maximum Gasteiger partial charge on any atom is 0.419 e. The molecule has 0 N–H and O–H groups in total. The quantitative estimate of drug-likeness (QED) is 0.392. The number of nitriles is 1. The molecule has 42 heavy (non-hydrogen) atoms. The zero-order valence-electron chi connectivity index (χ0n) is 22.8. The van der Waals surface area contributed by atoms with Crippen molar-refractivity contribution in [2.24, 2.45) is 0 Å². The Morgan fingerprint density at radius 3 is 2.50 bits per heavy atom. The van der Waals surface area contributed by atoms with Gasteiger partial charge in [-0.05, 0) is 32.9 Å². The molecule has 0 spiro atoms. The van der Waals surface area contributed by atoms with Gasteiger partial charge in [-0.1, -0.05) is 17.7 Å². The summed E-state index contributed by atoms with van der Waals surface area (Å²) in [6, 6.07) is 4.53. The Morgan fingerprint density at radius 1 is 1.21 bits per heavy atom. The Morgan fingerprint density at radius 2 is 1.90 bits per heavy atom. The van der Waals surface area contributed by atoms with Gasteiger partial charge in [0.25, 0.3) is 5.56 Å². The fourth-order valence-electron chi connectivity index (χ4n) is 4.42. The number of alkyl halides is 3. The molecule has 1 atom stereocenters. The zero-order chi connectivity index (χ0) is 31.2. The third kappa shape index (κ3) is 6.26. The van der Waals surface area contributed by atoms with Crippen LogP contribution in [0.3, 0.4) is 0 Å². The van der Waals surface area contributed by atoms with Gasteiger partial charge in [-0.2, -0.15) is 28.2 Å². The van der Waals surface area contributed by atoms with E-state index in [4.69, 9.17) is 16.3 Å². The fraction of sp³-hybridized carbons (Fsp3) is 0.440. The molecule has 0 bridgehead atoms. The van der Waals surface area contributed by atoms with E-state index in [1.54, 1.807) is 25.7 Å². The van der Waals surface area contributed by atoms with Crippen LogP contribution in [0.25, 0.3) is 16.6 Å². The van der Waals surface area contributed by atoms with Gasteiger partial charge < -0.3 is 14.5 Å². The van der Waals surface area contributed by atoms with Crippen molar-refractivity contribution in [2.45, 2.75) is 50.2 Å². The maximum absolute atomic E-state index is 13.8. The second kappa shape index (κ2) is 11.0. The number of sulfone groups is 1. The van der Waals surface area contributed by atoms with Gasteiger partial charge in [0.05, 0.1) is 46.4 Å². The van der Waals surface area contributed by atoms with Crippen LogP contribution in [-0.4, -0.2) is 76.7 Å². The number of hydrogen-bond donors (Lipinski definition) is 0. The van der Waals surface area contributed by atoms with E-state index in [2.05, 4.69) is 15.1 Å². The number of carbonyl (C=O) groups excluding carboxylic acids is 1. The number of fused-ring (bicyclic) bond motifs is 1. The van der Waals surface area contributed by atoms with Gasteiger partial charge in [0.15, 0.2) is 0 Å².